The molecule has 0 atom stereocenters. The summed E-state index contributed by atoms with van der Waals surface area (Å²) in [5.41, 5.74) is 12.0. The second-order valence-electron chi connectivity index (χ2n) is 9.86. The maximum absolute atomic E-state index is 6.46. The Hall–Kier alpha value is -4.69. The largest absolute Gasteiger partial charge is 0.456 e. The molecule has 2 nitrogen and oxygen atoms in total. The lowest BCUT2D eigenvalue weighted by Crippen LogP contribution is -2.27. The van der Waals surface area contributed by atoms with Crippen molar-refractivity contribution in [3.63, 3.8) is 0 Å². The van der Waals surface area contributed by atoms with E-state index in [1.54, 1.807) is 0 Å². The van der Waals surface area contributed by atoms with Crippen LogP contribution in [-0.2, 0) is 5.41 Å². The van der Waals surface area contributed by atoms with Crippen LogP contribution in [0.5, 0.6) is 11.5 Å². The third-order valence-electron chi connectivity index (χ3n) is 8.30. The van der Waals surface area contributed by atoms with Crippen LogP contribution in [0.4, 0.5) is 0 Å². The van der Waals surface area contributed by atoms with Gasteiger partial charge in [0, 0.05) is 22.7 Å². The summed E-state index contributed by atoms with van der Waals surface area (Å²) < 4.78 is 6.46. The van der Waals surface area contributed by atoms with Gasteiger partial charge in [0.25, 0.3) is 0 Å². The van der Waals surface area contributed by atoms with E-state index in [-0.39, 0.29) is 0 Å². The van der Waals surface area contributed by atoms with Gasteiger partial charge in [-0.1, -0.05) is 84.9 Å². The molecule has 0 N–H and O–H groups in total. The Labute approximate surface area is 208 Å². The molecule has 1 aliphatic heterocycles. The van der Waals surface area contributed by atoms with Crippen molar-refractivity contribution in [2.75, 3.05) is 0 Å². The van der Waals surface area contributed by atoms with Gasteiger partial charge in [-0.3, -0.25) is 4.98 Å². The van der Waals surface area contributed by atoms with Crippen LogP contribution in [-0.4, -0.2) is 4.98 Å². The van der Waals surface area contributed by atoms with Crippen LogP contribution in [0.3, 0.4) is 0 Å². The maximum atomic E-state index is 6.46. The van der Waals surface area contributed by atoms with Gasteiger partial charge >= 0.3 is 0 Å². The summed E-state index contributed by atoms with van der Waals surface area (Å²) in [4.78, 5) is 5.12. The SMILES string of the molecule is c1ccc2c(c1)Oc1cccc3c4c(cc-2c13)-c1cccnc1C41c2ccccc2-c2ccccc21. The summed E-state index contributed by atoms with van der Waals surface area (Å²) in [5.74, 6) is 1.83. The van der Waals surface area contributed by atoms with E-state index in [1.165, 1.54) is 55.3 Å². The first-order valence-electron chi connectivity index (χ1n) is 12.4. The predicted octanol–water partition coefficient (Wildman–Crippen LogP) is 8.35. The molecule has 5 aromatic carbocycles. The molecule has 0 saturated carbocycles. The predicted molar refractivity (Wildman–Crippen MR) is 144 cm³/mol. The van der Waals surface area contributed by atoms with Crippen LogP contribution in [0.25, 0.3) is 44.2 Å². The molecule has 0 fully saturated rings. The fourth-order valence-corrected chi connectivity index (χ4v) is 7.06. The number of ether oxygens (including phenoxy) is 1. The maximum Gasteiger partial charge on any atom is 0.135 e. The second-order valence-corrected chi connectivity index (χ2v) is 9.86. The molecular weight excluding hydrogens is 438 g/mol. The fraction of sp³-hybridized carbons (Fsp3) is 0.0294. The quantitative estimate of drug-likeness (QED) is 0.228. The summed E-state index contributed by atoms with van der Waals surface area (Å²) >= 11 is 0. The summed E-state index contributed by atoms with van der Waals surface area (Å²) in [6, 6.07) is 39.3. The highest BCUT2D eigenvalue weighted by Gasteiger charge is 2.54. The summed E-state index contributed by atoms with van der Waals surface area (Å²) in [5, 5.41) is 2.42. The van der Waals surface area contributed by atoms with Gasteiger partial charge in [0.05, 0.1) is 11.1 Å². The molecular formula is C34H19NO. The normalized spacial score (nSPS) is 14.6. The molecule has 0 radical (unpaired) electrons. The number of hydrogen-bond acceptors (Lipinski definition) is 2. The number of hydrogen-bond donors (Lipinski definition) is 0. The van der Waals surface area contributed by atoms with Crippen molar-refractivity contribution in [2.24, 2.45) is 0 Å². The average Bonchev–Trinajstić information content (AvgIpc) is 3.41. The first kappa shape index (κ1) is 18.6. The van der Waals surface area contributed by atoms with E-state index in [2.05, 4.69) is 103 Å². The molecule has 1 aromatic heterocycles. The second kappa shape index (κ2) is 6.30. The minimum absolute atomic E-state index is 0.465. The van der Waals surface area contributed by atoms with Gasteiger partial charge in [0.1, 0.15) is 11.5 Å². The van der Waals surface area contributed by atoms with Crippen molar-refractivity contribution < 1.29 is 4.74 Å². The van der Waals surface area contributed by atoms with Gasteiger partial charge in [-0.25, -0.2) is 0 Å². The van der Waals surface area contributed by atoms with Gasteiger partial charge in [0.15, 0.2) is 0 Å². The van der Waals surface area contributed by atoms with Crippen molar-refractivity contribution >= 4 is 10.8 Å². The van der Waals surface area contributed by atoms with Crippen molar-refractivity contribution in [1.82, 2.24) is 4.98 Å². The molecule has 3 aliphatic rings. The molecule has 9 rings (SSSR count). The van der Waals surface area contributed by atoms with Crippen LogP contribution in [0.15, 0.2) is 115 Å². The molecule has 36 heavy (non-hydrogen) atoms. The third kappa shape index (κ3) is 1.97. The first-order valence-corrected chi connectivity index (χ1v) is 12.4. The van der Waals surface area contributed by atoms with Crippen molar-refractivity contribution in [2.45, 2.75) is 5.41 Å². The number of aromatic nitrogens is 1. The number of para-hydroxylation sites is 1. The van der Waals surface area contributed by atoms with Gasteiger partial charge < -0.3 is 4.74 Å². The third-order valence-corrected chi connectivity index (χ3v) is 8.30. The first-order chi connectivity index (χ1) is 17.9. The molecule has 0 unspecified atom stereocenters. The lowest BCUT2D eigenvalue weighted by Gasteiger charge is -2.31. The van der Waals surface area contributed by atoms with Crippen molar-refractivity contribution in [3.8, 4) is 44.9 Å². The minimum atomic E-state index is -0.465. The summed E-state index contributed by atoms with van der Waals surface area (Å²) in [6.07, 6.45) is 1.95. The van der Waals surface area contributed by atoms with Gasteiger partial charge in [-0.15, -0.1) is 0 Å². The number of nitrogens with zero attached hydrogens (tertiary/aromatic N) is 1. The zero-order valence-corrected chi connectivity index (χ0v) is 19.3. The zero-order valence-electron chi connectivity index (χ0n) is 19.3. The molecule has 0 bridgehead atoms. The zero-order chi connectivity index (χ0) is 23.4. The average molecular weight is 458 g/mol. The molecule has 166 valence electrons. The molecule has 6 aromatic rings. The lowest BCUT2D eigenvalue weighted by molar-refractivity contribution is 0.487. The van der Waals surface area contributed by atoms with Gasteiger partial charge in [-0.05, 0) is 68.6 Å². The summed E-state index contributed by atoms with van der Waals surface area (Å²) in [6.45, 7) is 0. The van der Waals surface area contributed by atoms with Crippen molar-refractivity contribution in [1.29, 1.82) is 0 Å². The highest BCUT2D eigenvalue weighted by Crippen LogP contribution is 2.65. The van der Waals surface area contributed by atoms with E-state index in [1.807, 2.05) is 12.3 Å². The molecule has 0 saturated heterocycles. The van der Waals surface area contributed by atoms with Gasteiger partial charge in [-0.2, -0.15) is 0 Å². The van der Waals surface area contributed by atoms with Crippen LogP contribution in [0.2, 0.25) is 0 Å². The van der Waals surface area contributed by atoms with Crippen LogP contribution < -0.4 is 4.74 Å². The Morgan fingerprint density at radius 2 is 1.19 bits per heavy atom. The molecule has 2 aliphatic carbocycles. The van der Waals surface area contributed by atoms with Crippen LogP contribution in [0, 0.1) is 0 Å². The van der Waals surface area contributed by atoms with E-state index in [0.717, 1.165) is 22.8 Å². The molecule has 0 amide bonds. The van der Waals surface area contributed by atoms with Crippen LogP contribution in [0.1, 0.15) is 22.4 Å². The minimum Gasteiger partial charge on any atom is -0.456 e. The fourth-order valence-electron chi connectivity index (χ4n) is 7.06. The Morgan fingerprint density at radius 1 is 0.528 bits per heavy atom. The Morgan fingerprint density at radius 3 is 2.00 bits per heavy atom. The molecule has 1 spiro atoms. The van der Waals surface area contributed by atoms with Gasteiger partial charge in [0.2, 0.25) is 0 Å². The molecule has 2 heteroatoms. The number of pyridine rings is 1. The number of rotatable bonds is 0. The standard InChI is InChI=1S/C34H19NO/c1-4-14-27-20(9-1)21-10-2-5-15-28(21)34(27)32-24-12-7-17-30-31(24)25(22-11-3-6-16-29(22)36-30)19-26(32)23-13-8-18-35-33(23)34/h1-19H. The van der Waals surface area contributed by atoms with E-state index in [4.69, 9.17) is 9.72 Å². The molecule has 2 heterocycles. The number of benzene rings is 5. The highest BCUT2D eigenvalue weighted by atomic mass is 16.5. The monoisotopic (exact) mass is 457 g/mol. The van der Waals surface area contributed by atoms with E-state index >= 15 is 0 Å². The van der Waals surface area contributed by atoms with E-state index < -0.39 is 5.41 Å². The Bertz CT molecular complexity index is 1890. The Balaban J connectivity index is 1.54. The Kier molecular flexibility index (Phi) is 3.26. The van der Waals surface area contributed by atoms with E-state index in [9.17, 15) is 0 Å². The number of fused-ring (bicyclic) bond motifs is 13. The summed E-state index contributed by atoms with van der Waals surface area (Å²) in [7, 11) is 0. The lowest BCUT2D eigenvalue weighted by atomic mass is 9.70. The highest BCUT2D eigenvalue weighted by molar-refractivity contribution is 6.12. The van der Waals surface area contributed by atoms with Crippen molar-refractivity contribution in [3.05, 3.63) is 138 Å². The van der Waals surface area contributed by atoms with Crippen LogP contribution >= 0.6 is 0 Å². The van der Waals surface area contributed by atoms with E-state index in [0.29, 0.717) is 0 Å². The smallest absolute Gasteiger partial charge is 0.135 e. The topological polar surface area (TPSA) is 22.1 Å².